The van der Waals surface area contributed by atoms with Crippen molar-refractivity contribution in [2.24, 2.45) is 0 Å². The Labute approximate surface area is 128 Å². The van der Waals surface area contributed by atoms with Gasteiger partial charge < -0.3 is 20.1 Å². The molecule has 0 unspecified atom stereocenters. The molecule has 0 aliphatic carbocycles. The van der Waals surface area contributed by atoms with Gasteiger partial charge in [0.15, 0.2) is 6.61 Å². The van der Waals surface area contributed by atoms with E-state index < -0.39 is 6.09 Å². The number of aryl methyl sites for hydroxylation is 1. The van der Waals surface area contributed by atoms with Gasteiger partial charge in [-0.3, -0.25) is 4.79 Å². The number of hydrogen-bond donors (Lipinski definition) is 2. The van der Waals surface area contributed by atoms with Crippen molar-refractivity contribution in [1.82, 2.24) is 10.6 Å². The smallest absolute Gasteiger partial charge is 0.407 e. The average molecular weight is 315 g/mol. The number of ether oxygens (including phenoxy) is 2. The Bertz CT molecular complexity index is 451. The van der Waals surface area contributed by atoms with Crippen LogP contribution in [0.4, 0.5) is 4.79 Å². The number of halogens is 1. The molecule has 0 saturated heterocycles. The predicted octanol–water partition coefficient (Wildman–Crippen LogP) is 1.46. The van der Waals surface area contributed by atoms with Crippen LogP contribution in [0.15, 0.2) is 24.3 Å². The molecular weight excluding hydrogens is 296 g/mol. The molecule has 6 nitrogen and oxygen atoms in total. The quantitative estimate of drug-likeness (QED) is 0.562. The lowest BCUT2D eigenvalue weighted by Crippen LogP contribution is -2.37. The number of amides is 2. The van der Waals surface area contributed by atoms with Gasteiger partial charge in [-0.2, -0.15) is 0 Å². The number of alkyl halides is 1. The molecule has 0 spiro atoms. The summed E-state index contributed by atoms with van der Waals surface area (Å²) in [5.74, 6) is 0.630. The number of carbonyl (C=O) groups excluding carboxylic acids is 2. The number of alkyl carbamates (subject to hydrolysis) is 1. The Morgan fingerprint density at radius 3 is 2.48 bits per heavy atom. The molecule has 0 aliphatic rings. The van der Waals surface area contributed by atoms with Crippen molar-refractivity contribution in [3.8, 4) is 5.75 Å². The second kappa shape index (κ2) is 9.88. The summed E-state index contributed by atoms with van der Waals surface area (Å²) < 4.78 is 10.0. The Morgan fingerprint density at radius 2 is 1.81 bits per heavy atom. The van der Waals surface area contributed by atoms with Crippen LogP contribution in [0, 0.1) is 6.92 Å². The molecule has 0 heterocycles. The van der Waals surface area contributed by atoms with Gasteiger partial charge in [0.25, 0.3) is 5.91 Å². The summed E-state index contributed by atoms with van der Waals surface area (Å²) >= 11 is 5.37. The SMILES string of the molecule is Cc1ccc(OCC(=O)NCCNC(=O)OCCCl)cc1. The molecule has 1 aromatic rings. The van der Waals surface area contributed by atoms with Crippen molar-refractivity contribution < 1.29 is 19.1 Å². The number of nitrogens with one attached hydrogen (secondary N) is 2. The van der Waals surface area contributed by atoms with E-state index in [1.807, 2.05) is 19.1 Å². The van der Waals surface area contributed by atoms with Gasteiger partial charge in [-0.05, 0) is 19.1 Å². The normalized spacial score (nSPS) is 9.81. The molecule has 7 heteroatoms. The highest BCUT2D eigenvalue weighted by Crippen LogP contribution is 2.10. The van der Waals surface area contributed by atoms with Crippen LogP contribution in [-0.4, -0.2) is 44.2 Å². The third kappa shape index (κ3) is 8.04. The standard InChI is InChI=1S/C14H19ClN2O4/c1-11-2-4-12(5-3-11)21-10-13(18)16-7-8-17-14(19)20-9-6-15/h2-5H,6-10H2,1H3,(H,16,18)(H,17,19). The van der Waals surface area contributed by atoms with Gasteiger partial charge in [-0.1, -0.05) is 17.7 Å². The molecule has 1 aromatic carbocycles. The van der Waals surface area contributed by atoms with E-state index in [4.69, 9.17) is 21.1 Å². The van der Waals surface area contributed by atoms with Gasteiger partial charge in [0.1, 0.15) is 12.4 Å². The second-order valence-corrected chi connectivity index (χ2v) is 4.58. The van der Waals surface area contributed by atoms with Crippen LogP contribution in [0.2, 0.25) is 0 Å². The van der Waals surface area contributed by atoms with Crippen LogP contribution >= 0.6 is 11.6 Å². The maximum atomic E-state index is 11.5. The zero-order chi connectivity index (χ0) is 15.5. The van der Waals surface area contributed by atoms with Crippen LogP contribution in [0.25, 0.3) is 0 Å². The zero-order valence-corrected chi connectivity index (χ0v) is 12.6. The summed E-state index contributed by atoms with van der Waals surface area (Å²) in [6.45, 7) is 2.63. The molecule has 0 aromatic heterocycles. The predicted molar refractivity (Wildman–Crippen MR) is 79.8 cm³/mol. The van der Waals surface area contributed by atoms with Crippen LogP contribution in [0.3, 0.4) is 0 Å². The molecular formula is C14H19ClN2O4. The molecule has 0 bridgehead atoms. The first-order chi connectivity index (χ1) is 10.1. The highest BCUT2D eigenvalue weighted by Gasteiger charge is 2.03. The van der Waals surface area contributed by atoms with Gasteiger partial charge in [-0.25, -0.2) is 4.79 Å². The van der Waals surface area contributed by atoms with Gasteiger partial charge >= 0.3 is 6.09 Å². The number of rotatable bonds is 8. The van der Waals surface area contributed by atoms with Crippen molar-refractivity contribution in [3.05, 3.63) is 29.8 Å². The van der Waals surface area contributed by atoms with Crippen LogP contribution in [0.1, 0.15) is 5.56 Å². The number of benzene rings is 1. The first-order valence-electron chi connectivity index (χ1n) is 6.54. The molecule has 0 fully saturated rings. The monoisotopic (exact) mass is 314 g/mol. The lowest BCUT2D eigenvalue weighted by atomic mass is 10.2. The molecule has 0 atom stereocenters. The van der Waals surface area contributed by atoms with E-state index in [1.54, 1.807) is 12.1 Å². The minimum Gasteiger partial charge on any atom is -0.484 e. The highest BCUT2D eigenvalue weighted by molar-refractivity contribution is 6.18. The largest absolute Gasteiger partial charge is 0.484 e. The summed E-state index contributed by atoms with van der Waals surface area (Å²) in [6.07, 6.45) is -0.555. The fraction of sp³-hybridized carbons (Fsp3) is 0.429. The zero-order valence-electron chi connectivity index (χ0n) is 11.9. The van der Waals surface area contributed by atoms with E-state index in [-0.39, 0.29) is 31.5 Å². The lowest BCUT2D eigenvalue weighted by Gasteiger charge is -2.08. The van der Waals surface area contributed by atoms with Crippen molar-refractivity contribution in [1.29, 1.82) is 0 Å². The van der Waals surface area contributed by atoms with E-state index in [0.29, 0.717) is 12.3 Å². The van der Waals surface area contributed by atoms with E-state index in [1.165, 1.54) is 0 Å². The van der Waals surface area contributed by atoms with Gasteiger partial charge in [0, 0.05) is 13.1 Å². The molecule has 0 saturated carbocycles. The van der Waals surface area contributed by atoms with Gasteiger partial charge in [-0.15, -0.1) is 11.6 Å². The van der Waals surface area contributed by atoms with Crippen molar-refractivity contribution >= 4 is 23.6 Å². The second-order valence-electron chi connectivity index (χ2n) is 4.20. The molecule has 2 N–H and O–H groups in total. The summed E-state index contributed by atoms with van der Waals surface area (Å²) in [7, 11) is 0. The van der Waals surface area contributed by atoms with E-state index in [0.717, 1.165) is 5.56 Å². The maximum absolute atomic E-state index is 11.5. The van der Waals surface area contributed by atoms with Crippen molar-refractivity contribution in [2.45, 2.75) is 6.92 Å². The van der Waals surface area contributed by atoms with Crippen molar-refractivity contribution in [2.75, 3.05) is 32.2 Å². The number of hydrogen-bond acceptors (Lipinski definition) is 4. The summed E-state index contributed by atoms with van der Waals surface area (Å²) in [4.78, 5) is 22.6. The molecule has 1 rings (SSSR count). The maximum Gasteiger partial charge on any atom is 0.407 e. The third-order valence-corrected chi connectivity index (χ3v) is 2.57. The van der Waals surface area contributed by atoms with E-state index in [2.05, 4.69) is 10.6 Å². The first-order valence-corrected chi connectivity index (χ1v) is 7.08. The molecule has 116 valence electrons. The molecule has 21 heavy (non-hydrogen) atoms. The fourth-order valence-electron chi connectivity index (χ4n) is 1.38. The topological polar surface area (TPSA) is 76.7 Å². The minimum absolute atomic E-state index is 0.0697. The van der Waals surface area contributed by atoms with Gasteiger partial charge in [0.05, 0.1) is 5.88 Å². The lowest BCUT2D eigenvalue weighted by molar-refractivity contribution is -0.123. The van der Waals surface area contributed by atoms with E-state index >= 15 is 0 Å². The summed E-state index contributed by atoms with van der Waals surface area (Å²) in [6, 6.07) is 7.42. The summed E-state index contributed by atoms with van der Waals surface area (Å²) in [5, 5.41) is 5.09. The number of carbonyl (C=O) groups is 2. The fourth-order valence-corrected chi connectivity index (χ4v) is 1.46. The Kier molecular flexibility index (Phi) is 8.04. The first kappa shape index (κ1) is 17.1. The summed E-state index contributed by atoms with van der Waals surface area (Å²) in [5.41, 5.74) is 1.12. The molecule has 0 radical (unpaired) electrons. The molecule has 2 amide bonds. The third-order valence-electron chi connectivity index (χ3n) is 2.42. The van der Waals surface area contributed by atoms with Crippen LogP contribution in [0.5, 0.6) is 5.75 Å². The van der Waals surface area contributed by atoms with Crippen LogP contribution in [-0.2, 0) is 9.53 Å². The minimum atomic E-state index is -0.555. The highest BCUT2D eigenvalue weighted by atomic mass is 35.5. The average Bonchev–Trinajstić information content (AvgIpc) is 2.49. The van der Waals surface area contributed by atoms with Gasteiger partial charge in [0.2, 0.25) is 0 Å². The Balaban J connectivity index is 2.08. The van der Waals surface area contributed by atoms with Crippen LogP contribution < -0.4 is 15.4 Å². The van der Waals surface area contributed by atoms with Crippen molar-refractivity contribution in [3.63, 3.8) is 0 Å². The molecule has 0 aliphatic heterocycles. The Morgan fingerprint density at radius 1 is 1.14 bits per heavy atom. The van der Waals surface area contributed by atoms with E-state index in [9.17, 15) is 9.59 Å². The Hall–Kier alpha value is -1.95.